The summed E-state index contributed by atoms with van der Waals surface area (Å²) in [4.78, 5) is 34.4. The number of nitrogens with zero attached hydrogens (tertiary/aromatic N) is 5. The second kappa shape index (κ2) is 10.4. The standard InChI is InChI=1S/C27H27N7O2S/c1-17(2)12-18(13-28)26(36)33-11-5-6-20(33)16-34-22-8-4-3-7-21(22)31-27(34)32-25(35)24-10-9-23(37-24)19-14-29-30-15-19/h3-4,7-10,12,14-15,17,20H,5-6,11,16H2,1-2H3,(H,29,30)(H,31,32,35)/b18-12-. The van der Waals surface area contributed by atoms with E-state index in [9.17, 15) is 14.9 Å². The quantitative estimate of drug-likeness (QED) is 0.271. The second-order valence-electron chi connectivity index (χ2n) is 9.37. The van der Waals surface area contributed by atoms with Gasteiger partial charge in [0.1, 0.15) is 11.6 Å². The van der Waals surface area contributed by atoms with E-state index in [0.717, 1.165) is 34.3 Å². The zero-order valence-electron chi connectivity index (χ0n) is 20.6. The van der Waals surface area contributed by atoms with Gasteiger partial charge in [0.15, 0.2) is 0 Å². The van der Waals surface area contributed by atoms with Crippen molar-refractivity contribution in [2.75, 3.05) is 11.9 Å². The molecule has 0 aliphatic carbocycles. The van der Waals surface area contributed by atoms with Crippen molar-refractivity contribution in [3.63, 3.8) is 0 Å². The third-order valence-corrected chi connectivity index (χ3v) is 7.51. The van der Waals surface area contributed by atoms with Gasteiger partial charge in [-0.3, -0.25) is 20.0 Å². The van der Waals surface area contributed by atoms with Gasteiger partial charge in [-0.05, 0) is 43.0 Å². The number of likely N-dealkylation sites (tertiary alicyclic amines) is 1. The van der Waals surface area contributed by atoms with Gasteiger partial charge in [0.2, 0.25) is 5.95 Å². The normalized spacial score (nSPS) is 15.9. The molecular formula is C27H27N7O2S. The van der Waals surface area contributed by atoms with Crippen LogP contribution in [0.2, 0.25) is 0 Å². The van der Waals surface area contributed by atoms with Crippen LogP contribution in [0.4, 0.5) is 5.95 Å². The van der Waals surface area contributed by atoms with Crippen LogP contribution in [0.5, 0.6) is 0 Å². The topological polar surface area (TPSA) is 120 Å². The molecule has 4 heterocycles. The Bertz CT molecular complexity index is 1510. The van der Waals surface area contributed by atoms with E-state index >= 15 is 0 Å². The molecule has 4 aromatic rings. The number of hydrogen-bond donors (Lipinski definition) is 2. The van der Waals surface area contributed by atoms with Crippen LogP contribution in [0.25, 0.3) is 21.5 Å². The first kappa shape index (κ1) is 24.5. The molecule has 0 radical (unpaired) electrons. The number of fused-ring (bicyclic) bond motifs is 1. The van der Waals surface area contributed by atoms with Crippen molar-refractivity contribution >= 4 is 40.1 Å². The van der Waals surface area contributed by atoms with Gasteiger partial charge >= 0.3 is 0 Å². The van der Waals surface area contributed by atoms with E-state index in [1.54, 1.807) is 29.4 Å². The predicted molar refractivity (Wildman–Crippen MR) is 143 cm³/mol. The van der Waals surface area contributed by atoms with E-state index in [0.29, 0.717) is 23.9 Å². The van der Waals surface area contributed by atoms with E-state index in [4.69, 9.17) is 4.98 Å². The Labute approximate surface area is 218 Å². The zero-order chi connectivity index (χ0) is 25.9. The highest BCUT2D eigenvalue weighted by Crippen LogP contribution is 2.29. The maximum Gasteiger partial charge on any atom is 0.268 e. The number of anilines is 1. The number of nitriles is 1. The molecule has 1 fully saturated rings. The van der Waals surface area contributed by atoms with Gasteiger partial charge in [-0.1, -0.05) is 32.1 Å². The van der Waals surface area contributed by atoms with Crippen LogP contribution in [0.1, 0.15) is 36.4 Å². The van der Waals surface area contributed by atoms with Crippen molar-refractivity contribution in [2.45, 2.75) is 39.3 Å². The first-order valence-corrected chi connectivity index (χ1v) is 13.0. The van der Waals surface area contributed by atoms with Crippen molar-refractivity contribution < 1.29 is 9.59 Å². The molecule has 37 heavy (non-hydrogen) atoms. The van der Waals surface area contributed by atoms with Gasteiger partial charge in [-0.25, -0.2) is 4.98 Å². The molecule has 9 nitrogen and oxygen atoms in total. The zero-order valence-corrected chi connectivity index (χ0v) is 21.5. The van der Waals surface area contributed by atoms with Crippen molar-refractivity contribution in [3.8, 4) is 16.5 Å². The summed E-state index contributed by atoms with van der Waals surface area (Å²) in [6, 6.07) is 13.3. The van der Waals surface area contributed by atoms with Crippen molar-refractivity contribution in [2.24, 2.45) is 5.92 Å². The molecule has 0 spiro atoms. The van der Waals surface area contributed by atoms with Crippen LogP contribution in [0, 0.1) is 17.2 Å². The Balaban J connectivity index is 1.41. The van der Waals surface area contributed by atoms with Gasteiger partial charge < -0.3 is 9.47 Å². The molecule has 2 amide bonds. The van der Waals surface area contributed by atoms with E-state index in [1.165, 1.54) is 11.3 Å². The summed E-state index contributed by atoms with van der Waals surface area (Å²) in [6.45, 7) is 4.96. The molecule has 1 aromatic carbocycles. The number of thiophene rings is 1. The monoisotopic (exact) mass is 513 g/mol. The van der Waals surface area contributed by atoms with E-state index in [-0.39, 0.29) is 29.3 Å². The highest BCUT2D eigenvalue weighted by molar-refractivity contribution is 7.17. The second-order valence-corrected chi connectivity index (χ2v) is 10.5. The number of carbonyl (C=O) groups excluding carboxylic acids is 2. The molecule has 10 heteroatoms. The first-order valence-electron chi connectivity index (χ1n) is 12.2. The van der Waals surface area contributed by atoms with Crippen molar-refractivity contribution in [3.05, 3.63) is 65.3 Å². The Morgan fingerprint density at radius 2 is 2.14 bits per heavy atom. The number of hydrogen-bond acceptors (Lipinski definition) is 6. The van der Waals surface area contributed by atoms with E-state index in [2.05, 4.69) is 21.6 Å². The van der Waals surface area contributed by atoms with Gasteiger partial charge in [0, 0.05) is 29.7 Å². The number of nitrogens with one attached hydrogen (secondary N) is 2. The summed E-state index contributed by atoms with van der Waals surface area (Å²) in [7, 11) is 0. The van der Waals surface area contributed by atoms with Crippen LogP contribution >= 0.6 is 11.3 Å². The highest BCUT2D eigenvalue weighted by atomic mass is 32.1. The average Bonchev–Trinajstić information content (AvgIpc) is 3.69. The summed E-state index contributed by atoms with van der Waals surface area (Å²) in [5.41, 5.74) is 2.74. The lowest BCUT2D eigenvalue weighted by Gasteiger charge is -2.26. The number of carbonyl (C=O) groups is 2. The molecule has 1 aliphatic rings. The van der Waals surface area contributed by atoms with E-state index in [1.807, 2.05) is 48.7 Å². The van der Waals surface area contributed by atoms with Gasteiger partial charge in [-0.2, -0.15) is 10.4 Å². The number of aromatic nitrogens is 4. The maximum atomic E-state index is 13.2. The molecule has 1 saturated heterocycles. The Morgan fingerprint density at radius 1 is 1.30 bits per heavy atom. The average molecular weight is 514 g/mol. The van der Waals surface area contributed by atoms with Crippen LogP contribution in [0.3, 0.4) is 0 Å². The number of aromatic amines is 1. The minimum atomic E-state index is -0.248. The number of benzene rings is 1. The van der Waals surface area contributed by atoms with Gasteiger partial charge in [-0.15, -0.1) is 11.3 Å². The largest absolute Gasteiger partial charge is 0.333 e. The third-order valence-electron chi connectivity index (χ3n) is 6.37. The lowest BCUT2D eigenvalue weighted by Crippen LogP contribution is -2.39. The van der Waals surface area contributed by atoms with Crippen LogP contribution in [-0.4, -0.2) is 49.0 Å². The molecular weight excluding hydrogens is 486 g/mol. The molecule has 0 bridgehead atoms. The molecule has 3 aromatic heterocycles. The summed E-state index contributed by atoms with van der Waals surface area (Å²) in [5, 5.41) is 19.3. The minimum absolute atomic E-state index is 0.102. The molecule has 2 N–H and O–H groups in total. The number of imidazole rings is 1. The van der Waals surface area contributed by atoms with Crippen molar-refractivity contribution in [1.82, 2.24) is 24.6 Å². The molecule has 188 valence electrons. The first-order chi connectivity index (χ1) is 17.9. The highest BCUT2D eigenvalue weighted by Gasteiger charge is 2.32. The molecule has 1 unspecified atom stereocenters. The fourth-order valence-electron chi connectivity index (χ4n) is 4.67. The summed E-state index contributed by atoms with van der Waals surface area (Å²) < 4.78 is 1.96. The fraction of sp³-hybridized carbons (Fsp3) is 0.296. The third kappa shape index (κ3) is 5.04. The Kier molecular flexibility index (Phi) is 6.88. The van der Waals surface area contributed by atoms with Crippen LogP contribution in [-0.2, 0) is 11.3 Å². The SMILES string of the molecule is CC(C)/C=C(/C#N)C(=O)N1CCCC1Cn1c(NC(=O)c2ccc(-c3cn[nH]c3)s2)nc2ccccc21. The number of para-hydroxylation sites is 2. The number of allylic oxidation sites excluding steroid dienone is 1. The van der Waals surface area contributed by atoms with Crippen LogP contribution in [0.15, 0.2) is 60.4 Å². The molecule has 1 aliphatic heterocycles. The fourth-order valence-corrected chi connectivity index (χ4v) is 5.55. The maximum absolute atomic E-state index is 13.2. The number of rotatable bonds is 7. The van der Waals surface area contributed by atoms with Gasteiger partial charge in [0.25, 0.3) is 11.8 Å². The van der Waals surface area contributed by atoms with Crippen LogP contribution < -0.4 is 5.32 Å². The lowest BCUT2D eigenvalue weighted by atomic mass is 10.1. The predicted octanol–water partition coefficient (Wildman–Crippen LogP) is 4.84. The molecule has 1 atom stereocenters. The van der Waals surface area contributed by atoms with Crippen molar-refractivity contribution in [1.29, 1.82) is 5.26 Å². The summed E-state index contributed by atoms with van der Waals surface area (Å²) >= 11 is 1.38. The minimum Gasteiger partial charge on any atom is -0.333 e. The number of amides is 2. The molecule has 5 rings (SSSR count). The lowest BCUT2D eigenvalue weighted by molar-refractivity contribution is -0.127. The summed E-state index contributed by atoms with van der Waals surface area (Å²) in [5.74, 6) is 0.0497. The van der Waals surface area contributed by atoms with Gasteiger partial charge in [0.05, 0.1) is 28.1 Å². The molecule has 0 saturated carbocycles. The number of H-pyrrole nitrogens is 1. The summed E-state index contributed by atoms with van der Waals surface area (Å²) in [6.07, 6.45) is 6.89. The smallest absolute Gasteiger partial charge is 0.268 e. The Hall–Kier alpha value is -4.23. The van der Waals surface area contributed by atoms with E-state index < -0.39 is 0 Å². The Morgan fingerprint density at radius 3 is 2.89 bits per heavy atom.